The molecule has 2 aliphatic rings. The first kappa shape index (κ1) is 58.0. The Kier molecular flexibility index (Phi) is 20.6. The maximum atomic E-state index is 14.0. The van der Waals surface area contributed by atoms with Gasteiger partial charge in [-0.25, -0.2) is 9.59 Å². The lowest BCUT2D eigenvalue weighted by atomic mass is 10.0. The number of hydrogen-bond acceptors (Lipinski definition) is 19. The fraction of sp³-hybridized carbons (Fsp3) is 0.560. The van der Waals surface area contributed by atoms with Gasteiger partial charge in [-0.2, -0.15) is 4.37 Å². The minimum Gasteiger partial charge on any atom is -0.470 e. The Labute approximate surface area is 434 Å². The molecule has 4 amide bonds. The molecule has 404 valence electrons. The van der Waals surface area contributed by atoms with Crippen LogP contribution in [0, 0.1) is 13.8 Å². The van der Waals surface area contributed by atoms with E-state index in [2.05, 4.69) is 48.4 Å². The highest BCUT2D eigenvalue weighted by Crippen LogP contribution is 2.36. The summed E-state index contributed by atoms with van der Waals surface area (Å²) >= 11 is 0.931. The third-order valence-electron chi connectivity index (χ3n) is 12.1. The number of amides is 4. The zero-order valence-electron chi connectivity index (χ0n) is 44.0. The third kappa shape index (κ3) is 15.8. The van der Waals surface area contributed by atoms with Crippen LogP contribution in [0.25, 0.3) is 11.6 Å². The van der Waals surface area contributed by atoms with Crippen molar-refractivity contribution in [2.75, 3.05) is 81.2 Å². The molecule has 23 nitrogen and oxygen atoms in total. The molecule has 3 unspecified atom stereocenters. The van der Waals surface area contributed by atoms with Crippen LogP contribution in [0.5, 0.6) is 5.88 Å². The maximum Gasteiger partial charge on any atom is 0.347 e. The van der Waals surface area contributed by atoms with E-state index >= 15 is 0 Å². The Morgan fingerprint density at radius 2 is 1.59 bits per heavy atom. The topological polar surface area (TPSA) is 279 Å². The molecular weight excluding hydrogens is 983 g/mol. The molecule has 1 saturated heterocycles. The predicted molar refractivity (Wildman–Crippen MR) is 273 cm³/mol. The van der Waals surface area contributed by atoms with Gasteiger partial charge in [-0.15, -0.1) is 4.37 Å². The fourth-order valence-corrected chi connectivity index (χ4v) is 8.56. The molecule has 0 bridgehead atoms. The number of rotatable bonds is 24. The van der Waals surface area contributed by atoms with E-state index in [9.17, 15) is 38.4 Å². The predicted octanol–water partition coefficient (Wildman–Crippen LogP) is 4.04. The van der Waals surface area contributed by atoms with Crippen LogP contribution in [-0.4, -0.2) is 167 Å². The van der Waals surface area contributed by atoms with Gasteiger partial charge in [-0.05, 0) is 98.3 Å². The SMILES string of the molecule is CCN(CC)CCNC(=O)c1c(C)[nH]c(/C=C2\C(=O)Nc3ccc(NC(=O)CCC(=O)OC(C)C(=O)OC(C)C(=O)N(C[C@@H](COc4nsnc4N4CCOCC4)OC(=O)C(C)OC(C)=O)C(C)(C)C)cc32)c1C. The molecule has 4 atom stereocenters. The van der Waals surface area contributed by atoms with E-state index in [-0.39, 0.29) is 37.3 Å². The highest BCUT2D eigenvalue weighted by Gasteiger charge is 2.37. The quantitative estimate of drug-likeness (QED) is 0.0560. The number of likely N-dealkylation sites (N-methyl/N-ethyl adjacent to an activating group) is 1. The summed E-state index contributed by atoms with van der Waals surface area (Å²) in [5.74, 6) is -4.68. The maximum absolute atomic E-state index is 14.0. The second kappa shape index (κ2) is 26.3. The van der Waals surface area contributed by atoms with Crippen LogP contribution in [0.4, 0.5) is 17.2 Å². The number of ether oxygens (including phenoxy) is 6. The average molecular weight is 1050 g/mol. The molecule has 1 fully saturated rings. The van der Waals surface area contributed by atoms with Gasteiger partial charge in [0.1, 0.15) is 6.61 Å². The number of carbonyl (C=O) groups is 8. The second-order valence-corrected chi connectivity index (χ2v) is 19.2. The molecule has 4 N–H and O–H groups in total. The summed E-state index contributed by atoms with van der Waals surface area (Å²) in [4.78, 5) is 113. The molecule has 3 aromatic rings. The Bertz CT molecular complexity index is 2560. The average Bonchev–Trinajstić information content (AvgIpc) is 4.03. The number of nitrogens with one attached hydrogen (secondary N) is 4. The number of carbonyl (C=O) groups excluding carboxylic acids is 8. The van der Waals surface area contributed by atoms with Gasteiger partial charge in [0.2, 0.25) is 11.7 Å². The Balaban J connectivity index is 1.16. The van der Waals surface area contributed by atoms with Crippen LogP contribution < -0.4 is 25.6 Å². The van der Waals surface area contributed by atoms with E-state index in [1.807, 2.05) is 4.90 Å². The first-order valence-electron chi connectivity index (χ1n) is 24.5. The number of morpholine rings is 1. The van der Waals surface area contributed by atoms with Crippen molar-refractivity contribution in [3.63, 3.8) is 0 Å². The lowest BCUT2D eigenvalue weighted by Crippen LogP contribution is -2.54. The first-order chi connectivity index (χ1) is 35.0. The van der Waals surface area contributed by atoms with Gasteiger partial charge in [-0.1, -0.05) is 13.8 Å². The summed E-state index contributed by atoms with van der Waals surface area (Å²) in [6, 6.07) is 4.86. The minimum absolute atomic E-state index is 0.184. The largest absolute Gasteiger partial charge is 0.470 e. The number of nitrogens with zero attached hydrogens (tertiary/aromatic N) is 5. The van der Waals surface area contributed by atoms with E-state index < -0.39 is 72.1 Å². The van der Waals surface area contributed by atoms with Crippen molar-refractivity contribution in [1.29, 1.82) is 0 Å². The van der Waals surface area contributed by atoms with E-state index in [0.29, 0.717) is 83.7 Å². The summed E-state index contributed by atoms with van der Waals surface area (Å²) < 4.78 is 41.6. The van der Waals surface area contributed by atoms with Crippen LogP contribution in [0.2, 0.25) is 0 Å². The van der Waals surface area contributed by atoms with Crippen LogP contribution in [-0.2, 0) is 57.2 Å². The molecule has 5 rings (SSSR count). The van der Waals surface area contributed by atoms with E-state index in [4.69, 9.17) is 28.4 Å². The van der Waals surface area contributed by atoms with E-state index in [1.165, 1.54) is 25.7 Å². The minimum atomic E-state index is -1.47. The molecule has 0 spiro atoms. The van der Waals surface area contributed by atoms with Crippen LogP contribution in [0.15, 0.2) is 18.2 Å². The van der Waals surface area contributed by atoms with Crippen LogP contribution in [0.3, 0.4) is 0 Å². The summed E-state index contributed by atoms with van der Waals surface area (Å²) in [5, 5.41) is 8.53. The van der Waals surface area contributed by atoms with Crippen molar-refractivity contribution in [3.05, 3.63) is 46.3 Å². The number of esters is 4. The van der Waals surface area contributed by atoms with Crippen LogP contribution >= 0.6 is 11.7 Å². The molecule has 74 heavy (non-hydrogen) atoms. The molecule has 0 aliphatic carbocycles. The summed E-state index contributed by atoms with van der Waals surface area (Å²) in [6.07, 6.45) is -4.38. The van der Waals surface area contributed by atoms with Crippen molar-refractivity contribution in [2.24, 2.45) is 0 Å². The van der Waals surface area contributed by atoms with Gasteiger partial charge in [-0.3, -0.25) is 28.8 Å². The number of hydrogen-bond donors (Lipinski definition) is 4. The Hall–Kier alpha value is -6.92. The smallest absolute Gasteiger partial charge is 0.347 e. The fourth-order valence-electron chi connectivity index (χ4n) is 8.04. The third-order valence-corrected chi connectivity index (χ3v) is 12.6. The van der Waals surface area contributed by atoms with Crippen molar-refractivity contribution < 1.29 is 66.8 Å². The normalized spacial score (nSPS) is 15.5. The van der Waals surface area contributed by atoms with Crippen molar-refractivity contribution in [2.45, 2.75) is 119 Å². The molecule has 2 aromatic heterocycles. The van der Waals surface area contributed by atoms with Gasteiger partial charge in [0.15, 0.2) is 24.4 Å². The molecule has 0 saturated carbocycles. The molecule has 0 radical (unpaired) electrons. The molecular formula is C50H69N9O14S. The summed E-state index contributed by atoms with van der Waals surface area (Å²) in [5.41, 5.74) is 3.16. The van der Waals surface area contributed by atoms with Gasteiger partial charge in [0.25, 0.3) is 23.6 Å². The zero-order valence-corrected chi connectivity index (χ0v) is 44.8. The van der Waals surface area contributed by atoms with Gasteiger partial charge in [0.05, 0.1) is 49.0 Å². The standard InChI is InChI=1S/C50H69N9O14S/c1-12-57(13-2)19-18-51-45(64)42-28(3)39(52-29(42)4)25-37-36-24-34(14-15-38(36)54-44(37)63)53-40(61)16-17-41(62)71-32(7)48(66)72-30(5)47(65)59(50(9,10)11)26-35(73-49(67)31(6)70-33(8)60)27-69-46-43(55-74-56-46)58-20-22-68-23-21-58/h14-15,24-25,30-32,35,52H,12-13,16-23,26-27H2,1-11H3,(H,51,64)(H,53,61)(H,54,63)/b37-25-/t30?,31?,32?,35-/m0/s1. The van der Waals surface area contributed by atoms with Crippen molar-refractivity contribution >= 4 is 88.1 Å². The van der Waals surface area contributed by atoms with Crippen molar-refractivity contribution in [3.8, 4) is 5.88 Å². The number of fused-ring (bicyclic) bond motifs is 1. The molecule has 4 heterocycles. The number of benzene rings is 1. The highest BCUT2D eigenvalue weighted by molar-refractivity contribution is 6.99. The summed E-state index contributed by atoms with van der Waals surface area (Å²) in [7, 11) is 0. The summed E-state index contributed by atoms with van der Waals surface area (Å²) in [6.45, 7) is 22.5. The number of aromatic nitrogens is 3. The number of anilines is 3. The van der Waals surface area contributed by atoms with Gasteiger partial charge >= 0.3 is 23.9 Å². The number of aromatic amines is 1. The molecule has 24 heteroatoms. The van der Waals surface area contributed by atoms with Gasteiger partial charge in [0, 0.05) is 73.4 Å². The Morgan fingerprint density at radius 1 is 0.919 bits per heavy atom. The van der Waals surface area contributed by atoms with Crippen LogP contribution in [0.1, 0.15) is 108 Å². The Morgan fingerprint density at radius 3 is 2.26 bits per heavy atom. The lowest BCUT2D eigenvalue weighted by molar-refractivity contribution is -0.177. The molecule has 2 aliphatic heterocycles. The van der Waals surface area contributed by atoms with E-state index in [0.717, 1.165) is 38.3 Å². The monoisotopic (exact) mass is 1050 g/mol. The van der Waals surface area contributed by atoms with E-state index in [1.54, 1.807) is 58.9 Å². The number of aryl methyl sites for hydroxylation is 1. The lowest BCUT2D eigenvalue weighted by Gasteiger charge is -2.39. The second-order valence-electron chi connectivity index (χ2n) is 18.7. The molecule has 1 aromatic carbocycles. The van der Waals surface area contributed by atoms with Gasteiger partial charge < -0.3 is 64.1 Å². The zero-order chi connectivity index (χ0) is 54.4. The number of H-pyrrole nitrogens is 1. The first-order valence-corrected chi connectivity index (χ1v) is 25.3. The highest BCUT2D eigenvalue weighted by atomic mass is 32.1. The van der Waals surface area contributed by atoms with Crippen molar-refractivity contribution in [1.82, 2.24) is 28.8 Å².